The third-order valence-corrected chi connectivity index (χ3v) is 5.00. The van der Waals surface area contributed by atoms with E-state index in [0.29, 0.717) is 10.2 Å². The Balaban J connectivity index is 2.21. The number of ether oxygens (including phenoxy) is 1. The Bertz CT molecular complexity index is 992. The van der Waals surface area contributed by atoms with Crippen LogP contribution in [0.5, 0.6) is 0 Å². The van der Waals surface area contributed by atoms with Crippen LogP contribution in [0.4, 0.5) is 4.39 Å². The fourth-order valence-electron chi connectivity index (χ4n) is 2.73. The van der Waals surface area contributed by atoms with Gasteiger partial charge in [-0.2, -0.15) is 0 Å². The molecule has 1 unspecified atom stereocenters. The van der Waals surface area contributed by atoms with Gasteiger partial charge in [0.1, 0.15) is 16.7 Å². The summed E-state index contributed by atoms with van der Waals surface area (Å²) >= 11 is 1.40. The van der Waals surface area contributed by atoms with Crippen molar-refractivity contribution in [3.8, 4) is 11.1 Å². The number of aromatic nitrogens is 2. The molecular weight excluding hydrogens is 343 g/mol. The topological polar surface area (TPSA) is 61.2 Å². The van der Waals surface area contributed by atoms with E-state index in [9.17, 15) is 14.0 Å². The second kappa shape index (κ2) is 6.76. The summed E-state index contributed by atoms with van der Waals surface area (Å²) < 4.78 is 19.5. The summed E-state index contributed by atoms with van der Waals surface area (Å²) in [5, 5.41) is 0.438. The molecule has 3 aromatic rings. The summed E-state index contributed by atoms with van der Waals surface area (Å²) in [6, 6.07) is 5.21. The largest absolute Gasteiger partial charge is 0.464 e. The minimum absolute atomic E-state index is 0.242. The average Bonchev–Trinajstić information content (AvgIpc) is 2.92. The number of rotatable bonds is 4. The minimum Gasteiger partial charge on any atom is -0.464 e. The van der Waals surface area contributed by atoms with Crippen molar-refractivity contribution in [2.45, 2.75) is 26.8 Å². The van der Waals surface area contributed by atoms with Gasteiger partial charge in [0.15, 0.2) is 0 Å². The second-order valence-corrected chi connectivity index (χ2v) is 6.81. The van der Waals surface area contributed by atoms with E-state index in [2.05, 4.69) is 4.98 Å². The number of carbonyl (C=O) groups excluding carboxylic acids is 1. The standard InChI is InChI=1S/C18H17FN2O3S/c1-4-24-18(23)10(2)21-9-20-16-15(17(21)22)14(11(3)25-16)12-5-7-13(19)8-6-12/h5-10H,4H2,1-3H3. The molecule has 0 bridgehead atoms. The average molecular weight is 360 g/mol. The molecule has 3 rings (SSSR count). The van der Waals surface area contributed by atoms with Crippen molar-refractivity contribution in [2.24, 2.45) is 0 Å². The number of halogens is 1. The molecule has 0 N–H and O–H groups in total. The van der Waals surface area contributed by atoms with E-state index in [0.717, 1.165) is 16.0 Å². The van der Waals surface area contributed by atoms with Crippen molar-refractivity contribution in [2.75, 3.05) is 6.61 Å². The zero-order valence-electron chi connectivity index (χ0n) is 14.1. The molecule has 5 nitrogen and oxygen atoms in total. The summed E-state index contributed by atoms with van der Waals surface area (Å²) in [6.07, 6.45) is 1.37. The maximum absolute atomic E-state index is 13.2. The molecule has 0 amide bonds. The highest BCUT2D eigenvalue weighted by Crippen LogP contribution is 2.35. The maximum atomic E-state index is 13.2. The van der Waals surface area contributed by atoms with Gasteiger partial charge < -0.3 is 4.74 Å². The van der Waals surface area contributed by atoms with Crippen LogP contribution in [0.3, 0.4) is 0 Å². The van der Waals surface area contributed by atoms with E-state index in [1.165, 1.54) is 34.4 Å². The lowest BCUT2D eigenvalue weighted by Crippen LogP contribution is -2.29. The molecule has 0 saturated carbocycles. The number of hydrogen-bond acceptors (Lipinski definition) is 5. The lowest BCUT2D eigenvalue weighted by Gasteiger charge is -2.13. The Labute approximate surface area is 147 Å². The second-order valence-electron chi connectivity index (χ2n) is 5.61. The zero-order valence-corrected chi connectivity index (χ0v) is 14.9. The first kappa shape index (κ1) is 17.3. The van der Waals surface area contributed by atoms with Gasteiger partial charge in [-0.05, 0) is 38.5 Å². The summed E-state index contributed by atoms with van der Waals surface area (Å²) in [5.74, 6) is -0.826. The number of benzene rings is 1. The first-order valence-corrected chi connectivity index (χ1v) is 8.68. The van der Waals surface area contributed by atoms with E-state index in [4.69, 9.17) is 4.74 Å². The van der Waals surface area contributed by atoms with Crippen molar-refractivity contribution in [1.82, 2.24) is 9.55 Å². The number of aryl methyl sites for hydroxylation is 1. The van der Waals surface area contributed by atoms with Crippen LogP contribution in [0.1, 0.15) is 24.8 Å². The van der Waals surface area contributed by atoms with Crippen LogP contribution in [-0.4, -0.2) is 22.1 Å². The molecule has 0 radical (unpaired) electrons. The van der Waals surface area contributed by atoms with E-state index < -0.39 is 12.0 Å². The van der Waals surface area contributed by atoms with Crippen LogP contribution in [0.2, 0.25) is 0 Å². The van der Waals surface area contributed by atoms with Crippen LogP contribution >= 0.6 is 11.3 Å². The zero-order chi connectivity index (χ0) is 18.1. The molecular formula is C18H17FN2O3S. The highest BCUT2D eigenvalue weighted by Gasteiger charge is 2.22. The molecule has 0 fully saturated rings. The van der Waals surface area contributed by atoms with Crippen LogP contribution in [0, 0.1) is 12.7 Å². The minimum atomic E-state index is -0.773. The van der Waals surface area contributed by atoms with Gasteiger partial charge in [0.05, 0.1) is 18.3 Å². The van der Waals surface area contributed by atoms with Gasteiger partial charge in [0.25, 0.3) is 5.56 Å². The summed E-state index contributed by atoms with van der Waals surface area (Å²) in [5.41, 5.74) is 1.16. The van der Waals surface area contributed by atoms with E-state index in [1.807, 2.05) is 6.92 Å². The first-order chi connectivity index (χ1) is 11.9. The monoisotopic (exact) mass is 360 g/mol. The van der Waals surface area contributed by atoms with Gasteiger partial charge >= 0.3 is 5.97 Å². The Morgan fingerprint density at radius 1 is 1.36 bits per heavy atom. The van der Waals surface area contributed by atoms with Crippen molar-refractivity contribution < 1.29 is 13.9 Å². The van der Waals surface area contributed by atoms with Crippen molar-refractivity contribution >= 4 is 27.5 Å². The highest BCUT2D eigenvalue weighted by atomic mass is 32.1. The Morgan fingerprint density at radius 2 is 2.04 bits per heavy atom. The molecule has 130 valence electrons. The first-order valence-electron chi connectivity index (χ1n) is 7.86. The summed E-state index contributed by atoms with van der Waals surface area (Å²) in [6.45, 7) is 5.45. The van der Waals surface area contributed by atoms with E-state index in [1.54, 1.807) is 26.0 Å². The number of thiophene rings is 1. The van der Waals surface area contributed by atoms with Crippen LogP contribution in [0.25, 0.3) is 21.3 Å². The molecule has 0 aliphatic rings. The normalized spacial score (nSPS) is 12.3. The molecule has 25 heavy (non-hydrogen) atoms. The fraction of sp³-hybridized carbons (Fsp3) is 0.278. The lowest BCUT2D eigenvalue weighted by molar-refractivity contribution is -0.146. The maximum Gasteiger partial charge on any atom is 0.328 e. The highest BCUT2D eigenvalue weighted by molar-refractivity contribution is 7.19. The van der Waals surface area contributed by atoms with Crippen LogP contribution in [0.15, 0.2) is 35.4 Å². The van der Waals surface area contributed by atoms with Gasteiger partial charge in [-0.1, -0.05) is 12.1 Å². The molecule has 0 aliphatic heterocycles. The molecule has 7 heteroatoms. The van der Waals surface area contributed by atoms with E-state index >= 15 is 0 Å². The van der Waals surface area contributed by atoms with E-state index in [-0.39, 0.29) is 18.0 Å². The number of carbonyl (C=O) groups is 1. The van der Waals surface area contributed by atoms with Crippen molar-refractivity contribution in [3.63, 3.8) is 0 Å². The summed E-state index contributed by atoms with van der Waals surface area (Å²) in [7, 11) is 0. The van der Waals surface area contributed by atoms with Gasteiger partial charge in [-0.15, -0.1) is 11.3 Å². The van der Waals surface area contributed by atoms with Gasteiger partial charge in [-0.25, -0.2) is 14.2 Å². The molecule has 2 heterocycles. The number of hydrogen-bond donors (Lipinski definition) is 0. The molecule has 0 saturated heterocycles. The van der Waals surface area contributed by atoms with Crippen molar-refractivity contribution in [3.05, 3.63) is 51.6 Å². The molecule has 1 aromatic carbocycles. The van der Waals surface area contributed by atoms with Gasteiger partial charge in [0, 0.05) is 10.4 Å². The quantitative estimate of drug-likeness (QED) is 0.666. The lowest BCUT2D eigenvalue weighted by atomic mass is 10.0. The number of nitrogens with zero attached hydrogens (tertiary/aromatic N) is 2. The smallest absolute Gasteiger partial charge is 0.328 e. The van der Waals surface area contributed by atoms with Gasteiger partial charge in [-0.3, -0.25) is 9.36 Å². The predicted molar refractivity (Wildman–Crippen MR) is 95.4 cm³/mol. The Morgan fingerprint density at radius 3 is 2.68 bits per heavy atom. The van der Waals surface area contributed by atoms with Crippen LogP contribution < -0.4 is 5.56 Å². The summed E-state index contributed by atoms with van der Waals surface area (Å²) in [4.78, 5) is 30.8. The Hall–Kier alpha value is -2.54. The van der Waals surface area contributed by atoms with Gasteiger partial charge in [0.2, 0.25) is 0 Å². The fourth-order valence-corrected chi connectivity index (χ4v) is 3.74. The van der Waals surface area contributed by atoms with Crippen LogP contribution in [-0.2, 0) is 9.53 Å². The molecule has 0 spiro atoms. The van der Waals surface area contributed by atoms with Crippen molar-refractivity contribution in [1.29, 1.82) is 0 Å². The number of fused-ring (bicyclic) bond motifs is 1. The SMILES string of the molecule is CCOC(=O)C(C)n1cnc2sc(C)c(-c3ccc(F)cc3)c2c1=O. The molecule has 2 aromatic heterocycles. The molecule has 0 aliphatic carbocycles. The predicted octanol–water partition coefficient (Wildman–Crippen LogP) is 3.70. The Kier molecular flexibility index (Phi) is 4.67. The third kappa shape index (κ3) is 3.07. The third-order valence-electron chi connectivity index (χ3n) is 3.99. The number of esters is 1. The molecule has 1 atom stereocenters.